The minimum atomic E-state index is 0.305. The molecule has 1 unspecified atom stereocenters. The fraction of sp³-hybridized carbons (Fsp3) is 0.583. The van der Waals surface area contributed by atoms with Crippen LogP contribution in [0.1, 0.15) is 18.4 Å². The Morgan fingerprint density at radius 1 is 1.65 bits per heavy atom. The molecule has 1 atom stereocenters. The highest BCUT2D eigenvalue weighted by Gasteiger charge is 2.22. The van der Waals surface area contributed by atoms with Crippen LogP contribution in [0.25, 0.3) is 0 Å². The van der Waals surface area contributed by atoms with E-state index in [-0.39, 0.29) is 0 Å². The number of ether oxygens (including phenoxy) is 1. The van der Waals surface area contributed by atoms with E-state index in [9.17, 15) is 0 Å². The lowest BCUT2D eigenvalue weighted by atomic mass is 10.1. The maximum Gasteiger partial charge on any atom is 0.133 e. The number of nitrogens with zero attached hydrogens (tertiary/aromatic N) is 2. The molecule has 2 N–H and O–H groups in total. The van der Waals surface area contributed by atoms with Gasteiger partial charge in [0.2, 0.25) is 0 Å². The van der Waals surface area contributed by atoms with Crippen molar-refractivity contribution in [3.63, 3.8) is 0 Å². The molecule has 0 bridgehead atoms. The van der Waals surface area contributed by atoms with Crippen molar-refractivity contribution in [1.82, 2.24) is 4.98 Å². The third-order valence-corrected chi connectivity index (χ3v) is 3.57. The van der Waals surface area contributed by atoms with Crippen LogP contribution >= 0.6 is 15.9 Å². The third kappa shape index (κ3) is 2.97. The number of methoxy groups -OCH3 is 1. The van der Waals surface area contributed by atoms with Crippen LogP contribution in [-0.4, -0.2) is 31.3 Å². The Bertz CT molecular complexity index is 386. The standard InChI is InChI=1S/C12H18BrN3O/c1-17-11-3-2-4-16(8-11)12-9(6-14)5-10(13)7-15-12/h5,7,11H,2-4,6,8,14H2,1H3. The topological polar surface area (TPSA) is 51.4 Å². The molecule has 1 aromatic heterocycles. The van der Waals surface area contributed by atoms with E-state index in [0.717, 1.165) is 41.8 Å². The number of pyridine rings is 1. The molecule has 4 nitrogen and oxygen atoms in total. The minimum Gasteiger partial charge on any atom is -0.380 e. The molecule has 1 aliphatic rings. The van der Waals surface area contributed by atoms with Crippen molar-refractivity contribution in [3.05, 3.63) is 22.3 Å². The number of hydrogen-bond acceptors (Lipinski definition) is 4. The Morgan fingerprint density at radius 3 is 3.18 bits per heavy atom. The second kappa shape index (κ2) is 5.80. The van der Waals surface area contributed by atoms with Crippen LogP contribution in [0.15, 0.2) is 16.7 Å². The van der Waals surface area contributed by atoms with Crippen LogP contribution in [-0.2, 0) is 11.3 Å². The Labute approximate surface area is 110 Å². The maximum atomic E-state index is 5.77. The van der Waals surface area contributed by atoms with E-state index in [4.69, 9.17) is 10.5 Å². The first kappa shape index (κ1) is 12.8. The van der Waals surface area contributed by atoms with Gasteiger partial charge in [-0.25, -0.2) is 4.98 Å². The first-order valence-electron chi connectivity index (χ1n) is 5.87. The Balaban J connectivity index is 2.20. The van der Waals surface area contributed by atoms with E-state index in [2.05, 4.69) is 25.8 Å². The number of anilines is 1. The van der Waals surface area contributed by atoms with Gasteiger partial charge in [0.25, 0.3) is 0 Å². The summed E-state index contributed by atoms with van der Waals surface area (Å²) in [4.78, 5) is 6.76. The maximum absolute atomic E-state index is 5.77. The zero-order valence-electron chi connectivity index (χ0n) is 10.0. The van der Waals surface area contributed by atoms with Gasteiger partial charge in [0.15, 0.2) is 0 Å². The number of rotatable bonds is 3. The first-order chi connectivity index (χ1) is 8.24. The van der Waals surface area contributed by atoms with Crippen LogP contribution in [0.3, 0.4) is 0 Å². The van der Waals surface area contributed by atoms with Gasteiger partial charge in [0, 0.05) is 43.0 Å². The molecule has 0 saturated carbocycles. The molecule has 1 aromatic rings. The zero-order valence-corrected chi connectivity index (χ0v) is 11.6. The SMILES string of the molecule is COC1CCCN(c2ncc(Br)cc2CN)C1. The van der Waals surface area contributed by atoms with Crippen molar-refractivity contribution in [2.45, 2.75) is 25.5 Å². The zero-order chi connectivity index (χ0) is 12.3. The summed E-state index contributed by atoms with van der Waals surface area (Å²) in [5.41, 5.74) is 6.85. The van der Waals surface area contributed by atoms with Gasteiger partial charge < -0.3 is 15.4 Å². The van der Waals surface area contributed by atoms with Gasteiger partial charge in [-0.05, 0) is 34.8 Å². The van der Waals surface area contributed by atoms with E-state index in [0.29, 0.717) is 12.6 Å². The predicted molar refractivity (Wildman–Crippen MR) is 72.1 cm³/mol. The molecule has 17 heavy (non-hydrogen) atoms. The number of piperidine rings is 1. The number of nitrogens with two attached hydrogens (primary N) is 1. The van der Waals surface area contributed by atoms with E-state index in [1.165, 1.54) is 0 Å². The lowest BCUT2D eigenvalue weighted by molar-refractivity contribution is 0.0891. The molecule has 2 rings (SSSR count). The highest BCUT2D eigenvalue weighted by atomic mass is 79.9. The van der Waals surface area contributed by atoms with Crippen LogP contribution in [0, 0.1) is 0 Å². The largest absolute Gasteiger partial charge is 0.380 e. The summed E-state index contributed by atoms with van der Waals surface area (Å²) in [6.07, 6.45) is 4.40. The molecule has 0 aliphatic carbocycles. The van der Waals surface area contributed by atoms with Gasteiger partial charge in [0.1, 0.15) is 5.82 Å². The molecule has 2 heterocycles. The molecular formula is C12H18BrN3O. The third-order valence-electron chi connectivity index (χ3n) is 3.14. The quantitative estimate of drug-likeness (QED) is 0.926. The van der Waals surface area contributed by atoms with Crippen LogP contribution in [0.4, 0.5) is 5.82 Å². The van der Waals surface area contributed by atoms with Gasteiger partial charge >= 0.3 is 0 Å². The molecule has 1 saturated heterocycles. The summed E-state index contributed by atoms with van der Waals surface area (Å²) < 4.78 is 6.40. The van der Waals surface area contributed by atoms with Gasteiger partial charge in [0.05, 0.1) is 6.10 Å². The minimum absolute atomic E-state index is 0.305. The molecule has 1 aliphatic heterocycles. The van der Waals surface area contributed by atoms with Crippen molar-refractivity contribution >= 4 is 21.7 Å². The van der Waals surface area contributed by atoms with Gasteiger partial charge in [-0.3, -0.25) is 0 Å². The Morgan fingerprint density at radius 2 is 2.47 bits per heavy atom. The Kier molecular flexibility index (Phi) is 4.36. The summed E-state index contributed by atoms with van der Waals surface area (Å²) in [5.74, 6) is 0.998. The summed E-state index contributed by atoms with van der Waals surface area (Å²) in [5, 5.41) is 0. The number of aromatic nitrogens is 1. The van der Waals surface area contributed by atoms with Gasteiger partial charge in [-0.1, -0.05) is 0 Å². The first-order valence-corrected chi connectivity index (χ1v) is 6.66. The lowest BCUT2D eigenvalue weighted by Gasteiger charge is -2.33. The Hall–Kier alpha value is -0.650. The fourth-order valence-corrected chi connectivity index (χ4v) is 2.61. The highest BCUT2D eigenvalue weighted by Crippen LogP contribution is 2.24. The molecular weight excluding hydrogens is 282 g/mol. The molecule has 0 aromatic carbocycles. The van der Waals surface area contributed by atoms with Gasteiger partial charge in [-0.15, -0.1) is 0 Å². The normalized spacial score (nSPS) is 20.6. The average Bonchev–Trinajstić information content (AvgIpc) is 2.38. The second-order valence-electron chi connectivity index (χ2n) is 4.29. The van der Waals surface area contributed by atoms with Gasteiger partial charge in [-0.2, -0.15) is 0 Å². The van der Waals surface area contributed by atoms with E-state index < -0.39 is 0 Å². The molecule has 5 heteroatoms. The predicted octanol–water partition coefficient (Wildman–Crippen LogP) is 1.92. The molecule has 0 spiro atoms. The molecule has 94 valence electrons. The summed E-state index contributed by atoms with van der Waals surface area (Å²) in [7, 11) is 1.77. The summed E-state index contributed by atoms with van der Waals surface area (Å²) in [6, 6.07) is 2.04. The van der Waals surface area contributed by atoms with Crippen molar-refractivity contribution in [1.29, 1.82) is 0 Å². The van der Waals surface area contributed by atoms with Crippen LogP contribution < -0.4 is 10.6 Å². The smallest absolute Gasteiger partial charge is 0.133 e. The molecule has 0 radical (unpaired) electrons. The molecule has 0 amide bonds. The van der Waals surface area contributed by atoms with Crippen molar-refractivity contribution in [3.8, 4) is 0 Å². The van der Waals surface area contributed by atoms with Crippen molar-refractivity contribution < 1.29 is 4.74 Å². The monoisotopic (exact) mass is 299 g/mol. The van der Waals surface area contributed by atoms with Crippen LogP contribution in [0.2, 0.25) is 0 Å². The molecule has 1 fully saturated rings. The average molecular weight is 300 g/mol. The summed E-state index contributed by atoms with van der Waals surface area (Å²) in [6.45, 7) is 2.44. The summed E-state index contributed by atoms with van der Waals surface area (Å²) >= 11 is 3.43. The van der Waals surface area contributed by atoms with Crippen molar-refractivity contribution in [2.24, 2.45) is 5.73 Å². The number of hydrogen-bond donors (Lipinski definition) is 1. The van der Waals surface area contributed by atoms with E-state index in [1.54, 1.807) is 7.11 Å². The highest BCUT2D eigenvalue weighted by molar-refractivity contribution is 9.10. The van der Waals surface area contributed by atoms with Crippen LogP contribution in [0.5, 0.6) is 0 Å². The lowest BCUT2D eigenvalue weighted by Crippen LogP contribution is -2.40. The van der Waals surface area contributed by atoms with E-state index >= 15 is 0 Å². The fourth-order valence-electron chi connectivity index (χ4n) is 2.23. The second-order valence-corrected chi connectivity index (χ2v) is 5.20. The van der Waals surface area contributed by atoms with Crippen molar-refractivity contribution in [2.75, 3.05) is 25.1 Å². The number of halogens is 1. The van der Waals surface area contributed by atoms with E-state index in [1.807, 2.05) is 12.3 Å².